The molecule has 2 aromatic rings. The molecule has 4 rings (SSSR count). The second kappa shape index (κ2) is 10.4. The summed E-state index contributed by atoms with van der Waals surface area (Å²) in [4.78, 5) is 7.53. The molecule has 0 radical (unpaired) electrons. The van der Waals surface area contributed by atoms with E-state index >= 15 is 0 Å². The van der Waals surface area contributed by atoms with Crippen LogP contribution < -0.4 is 0 Å². The maximum atomic E-state index is 9.74. The van der Waals surface area contributed by atoms with Gasteiger partial charge < -0.3 is 0 Å². The summed E-state index contributed by atoms with van der Waals surface area (Å²) in [5.41, 5.74) is 6.86. The number of nitriles is 1. The summed E-state index contributed by atoms with van der Waals surface area (Å²) in [5.74, 6) is 0. The van der Waals surface area contributed by atoms with E-state index in [0.717, 1.165) is 43.6 Å². The SMILES string of the molecule is CCc1cccc(C#N)c1CC(c1ccc(C2=CC=CC=CC2)cn1)N1CCCCC1. The minimum Gasteiger partial charge on any atom is -0.294 e. The van der Waals surface area contributed by atoms with Crippen LogP contribution in [0, 0.1) is 11.3 Å². The van der Waals surface area contributed by atoms with E-state index in [0.29, 0.717) is 0 Å². The molecule has 158 valence electrons. The van der Waals surface area contributed by atoms with Gasteiger partial charge in [0.15, 0.2) is 0 Å². The molecule has 0 spiro atoms. The van der Waals surface area contributed by atoms with Crippen molar-refractivity contribution in [2.75, 3.05) is 13.1 Å². The van der Waals surface area contributed by atoms with Gasteiger partial charge in [0.05, 0.1) is 23.4 Å². The normalized spacial score (nSPS) is 17.6. The summed E-state index contributed by atoms with van der Waals surface area (Å²) < 4.78 is 0. The molecule has 2 heterocycles. The molecule has 1 aliphatic carbocycles. The number of hydrogen-bond acceptors (Lipinski definition) is 3. The summed E-state index contributed by atoms with van der Waals surface area (Å²) in [6.07, 6.45) is 19.1. The molecule has 0 amide bonds. The van der Waals surface area contributed by atoms with E-state index in [-0.39, 0.29) is 6.04 Å². The molecule has 3 heteroatoms. The molecule has 1 aliphatic heterocycles. The molecule has 1 atom stereocenters. The predicted octanol–water partition coefficient (Wildman–Crippen LogP) is 6.18. The van der Waals surface area contributed by atoms with Crippen LogP contribution in [-0.4, -0.2) is 23.0 Å². The van der Waals surface area contributed by atoms with Crippen molar-refractivity contribution >= 4 is 5.57 Å². The Kier molecular flexibility index (Phi) is 7.12. The highest BCUT2D eigenvalue weighted by molar-refractivity contribution is 5.68. The zero-order valence-corrected chi connectivity index (χ0v) is 18.4. The summed E-state index contributed by atoms with van der Waals surface area (Å²) in [6, 6.07) is 13.2. The van der Waals surface area contributed by atoms with Gasteiger partial charge in [0.2, 0.25) is 0 Å². The lowest BCUT2D eigenvalue weighted by atomic mass is 9.91. The smallest absolute Gasteiger partial charge is 0.0994 e. The highest BCUT2D eigenvalue weighted by atomic mass is 15.2. The van der Waals surface area contributed by atoms with Crippen molar-refractivity contribution in [2.45, 2.75) is 51.5 Å². The van der Waals surface area contributed by atoms with Gasteiger partial charge in [-0.15, -0.1) is 0 Å². The fourth-order valence-electron chi connectivity index (χ4n) is 4.74. The summed E-state index contributed by atoms with van der Waals surface area (Å²) in [5, 5.41) is 9.74. The van der Waals surface area contributed by atoms with Crippen molar-refractivity contribution in [3.63, 3.8) is 0 Å². The van der Waals surface area contributed by atoms with Crippen LogP contribution in [-0.2, 0) is 12.8 Å². The Balaban J connectivity index is 1.66. The predicted molar refractivity (Wildman–Crippen MR) is 128 cm³/mol. The number of rotatable bonds is 6. The van der Waals surface area contributed by atoms with Crippen LogP contribution in [0.4, 0.5) is 0 Å². The molecule has 1 aromatic carbocycles. The minimum absolute atomic E-state index is 0.206. The molecule has 1 saturated heterocycles. The molecule has 1 unspecified atom stereocenters. The topological polar surface area (TPSA) is 39.9 Å². The average Bonchev–Trinajstić information content (AvgIpc) is 3.13. The fraction of sp³-hybridized carbons (Fsp3) is 0.357. The molecule has 3 nitrogen and oxygen atoms in total. The number of hydrogen-bond donors (Lipinski definition) is 0. The Hall–Kier alpha value is -2.96. The zero-order chi connectivity index (χ0) is 21.5. The molecular weight excluding hydrogens is 378 g/mol. The van der Waals surface area contributed by atoms with Crippen molar-refractivity contribution in [1.82, 2.24) is 9.88 Å². The summed E-state index contributed by atoms with van der Waals surface area (Å²) in [7, 11) is 0. The number of aromatic nitrogens is 1. The van der Waals surface area contributed by atoms with Crippen molar-refractivity contribution in [3.8, 4) is 6.07 Å². The average molecular weight is 410 g/mol. The van der Waals surface area contributed by atoms with Crippen molar-refractivity contribution < 1.29 is 0 Å². The monoisotopic (exact) mass is 409 g/mol. The fourth-order valence-corrected chi connectivity index (χ4v) is 4.74. The van der Waals surface area contributed by atoms with E-state index < -0.39 is 0 Å². The number of piperidine rings is 1. The Morgan fingerprint density at radius 2 is 1.94 bits per heavy atom. The molecule has 1 fully saturated rings. The lowest BCUT2D eigenvalue weighted by molar-refractivity contribution is 0.159. The Labute approximate surface area is 186 Å². The van der Waals surface area contributed by atoms with Crippen LogP contribution in [0.15, 0.2) is 66.9 Å². The Morgan fingerprint density at radius 1 is 1.06 bits per heavy atom. The van der Waals surface area contributed by atoms with Gasteiger partial charge >= 0.3 is 0 Å². The van der Waals surface area contributed by atoms with Gasteiger partial charge in [-0.3, -0.25) is 9.88 Å². The lowest BCUT2D eigenvalue weighted by Gasteiger charge is -2.35. The highest BCUT2D eigenvalue weighted by Gasteiger charge is 2.25. The Morgan fingerprint density at radius 3 is 2.68 bits per heavy atom. The number of pyridine rings is 1. The van der Waals surface area contributed by atoms with E-state index in [2.05, 4.69) is 66.5 Å². The first-order valence-electron chi connectivity index (χ1n) is 11.5. The summed E-state index contributed by atoms with van der Waals surface area (Å²) in [6.45, 7) is 4.38. The first kappa shape index (κ1) is 21.3. The van der Waals surface area contributed by atoms with E-state index in [1.54, 1.807) is 0 Å². The first-order chi connectivity index (χ1) is 15.3. The van der Waals surface area contributed by atoms with Gasteiger partial charge in [-0.05, 0) is 79.6 Å². The van der Waals surface area contributed by atoms with Crippen LogP contribution in [0.2, 0.25) is 0 Å². The molecule has 2 aliphatic rings. The number of aryl methyl sites for hydroxylation is 1. The second-order valence-electron chi connectivity index (χ2n) is 8.41. The third-order valence-corrected chi connectivity index (χ3v) is 6.50. The van der Waals surface area contributed by atoms with E-state index in [4.69, 9.17) is 4.98 Å². The van der Waals surface area contributed by atoms with Crippen molar-refractivity contribution in [3.05, 3.63) is 94.9 Å². The largest absolute Gasteiger partial charge is 0.294 e. The maximum Gasteiger partial charge on any atom is 0.0994 e. The van der Waals surface area contributed by atoms with E-state index in [9.17, 15) is 5.26 Å². The van der Waals surface area contributed by atoms with Gasteiger partial charge in [0.1, 0.15) is 0 Å². The van der Waals surface area contributed by atoms with E-state index in [1.165, 1.54) is 41.5 Å². The van der Waals surface area contributed by atoms with Gasteiger partial charge in [0, 0.05) is 6.20 Å². The van der Waals surface area contributed by atoms with Gasteiger partial charge in [-0.1, -0.05) is 61.9 Å². The van der Waals surface area contributed by atoms with Crippen LogP contribution in [0.1, 0.15) is 66.6 Å². The van der Waals surface area contributed by atoms with Gasteiger partial charge in [-0.2, -0.15) is 5.26 Å². The zero-order valence-electron chi connectivity index (χ0n) is 18.4. The van der Waals surface area contributed by atoms with Gasteiger partial charge in [-0.25, -0.2) is 0 Å². The number of likely N-dealkylation sites (tertiary alicyclic amines) is 1. The van der Waals surface area contributed by atoms with Crippen LogP contribution in [0.3, 0.4) is 0 Å². The highest BCUT2D eigenvalue weighted by Crippen LogP contribution is 2.31. The van der Waals surface area contributed by atoms with Crippen LogP contribution in [0.25, 0.3) is 5.57 Å². The quantitative estimate of drug-likeness (QED) is 0.571. The third-order valence-electron chi connectivity index (χ3n) is 6.50. The maximum absolute atomic E-state index is 9.74. The van der Waals surface area contributed by atoms with E-state index in [1.807, 2.05) is 18.3 Å². The summed E-state index contributed by atoms with van der Waals surface area (Å²) >= 11 is 0. The van der Waals surface area contributed by atoms with Gasteiger partial charge in [0.25, 0.3) is 0 Å². The molecule has 1 aromatic heterocycles. The van der Waals surface area contributed by atoms with Crippen molar-refractivity contribution in [2.24, 2.45) is 0 Å². The molecule has 31 heavy (non-hydrogen) atoms. The lowest BCUT2D eigenvalue weighted by Crippen LogP contribution is -2.35. The molecule has 0 N–H and O–H groups in total. The number of benzene rings is 1. The molecule has 0 saturated carbocycles. The first-order valence-corrected chi connectivity index (χ1v) is 11.5. The number of allylic oxidation sites excluding steroid dienone is 6. The standard InChI is InChI=1S/C28H31N3/c1-2-22-13-10-14-24(20-29)26(22)19-28(31-17-8-5-9-18-31)27-16-15-25(21-30-27)23-11-6-3-4-7-12-23/h3-4,6-7,10-11,13-16,21,28H,2,5,8-9,12,17-19H2,1H3. The van der Waals surface area contributed by atoms with Crippen LogP contribution >= 0.6 is 0 Å². The van der Waals surface area contributed by atoms with Crippen molar-refractivity contribution in [1.29, 1.82) is 5.26 Å². The van der Waals surface area contributed by atoms with Crippen LogP contribution in [0.5, 0.6) is 0 Å². The molecular formula is C28H31N3. The molecule has 0 bridgehead atoms. The Bertz CT molecular complexity index is 1020. The second-order valence-corrected chi connectivity index (χ2v) is 8.41. The number of nitrogens with zero attached hydrogens (tertiary/aromatic N) is 3. The third kappa shape index (κ3) is 5.03. The minimum atomic E-state index is 0.206.